The summed E-state index contributed by atoms with van der Waals surface area (Å²) in [4.78, 5) is 0. The number of hydrogen-bond donors (Lipinski definition) is 1. The quantitative estimate of drug-likeness (QED) is 0.781. The summed E-state index contributed by atoms with van der Waals surface area (Å²) in [5.41, 5.74) is 0. The van der Waals surface area contributed by atoms with E-state index in [1.807, 2.05) is 0 Å². The largest absolute Gasteiger partial charge is 0.315 e. The summed E-state index contributed by atoms with van der Waals surface area (Å²) in [6.07, 6.45) is 5.82. The molecule has 19 heavy (non-hydrogen) atoms. The Hall–Kier alpha value is -0.130. The van der Waals surface area contributed by atoms with Crippen molar-refractivity contribution in [3.63, 3.8) is 0 Å². The number of sulfonamides is 1. The van der Waals surface area contributed by atoms with E-state index in [1.165, 1.54) is 19.1 Å². The van der Waals surface area contributed by atoms with Crippen molar-refractivity contribution >= 4 is 10.0 Å². The van der Waals surface area contributed by atoms with Crippen LogP contribution >= 0.6 is 0 Å². The SMILES string of the molecule is CCNC(C)CC(C)CC1CCCN(S(C)(=O)=O)C1. The fraction of sp³-hybridized carbons (Fsp3) is 1.00. The van der Waals surface area contributed by atoms with E-state index in [4.69, 9.17) is 0 Å². The van der Waals surface area contributed by atoms with E-state index in [1.54, 1.807) is 4.31 Å². The van der Waals surface area contributed by atoms with Crippen molar-refractivity contribution in [1.82, 2.24) is 9.62 Å². The third-order valence-electron chi connectivity index (χ3n) is 3.99. The Morgan fingerprint density at radius 1 is 1.37 bits per heavy atom. The molecule has 0 aromatic heterocycles. The number of nitrogens with zero attached hydrogens (tertiary/aromatic N) is 1. The first-order valence-electron chi connectivity index (χ1n) is 7.51. The highest BCUT2D eigenvalue weighted by atomic mass is 32.2. The van der Waals surface area contributed by atoms with Gasteiger partial charge in [0.1, 0.15) is 0 Å². The van der Waals surface area contributed by atoms with Crippen LogP contribution in [0.2, 0.25) is 0 Å². The fourth-order valence-corrected chi connectivity index (χ4v) is 4.16. The molecule has 5 heteroatoms. The Kier molecular flexibility index (Phi) is 6.77. The monoisotopic (exact) mass is 290 g/mol. The zero-order valence-electron chi connectivity index (χ0n) is 12.9. The van der Waals surface area contributed by atoms with E-state index >= 15 is 0 Å². The second-order valence-corrected chi connectivity index (χ2v) is 8.15. The smallest absolute Gasteiger partial charge is 0.211 e. The number of rotatable bonds is 7. The van der Waals surface area contributed by atoms with Crippen LogP contribution in [-0.4, -0.2) is 44.7 Å². The van der Waals surface area contributed by atoms with E-state index in [0.717, 1.165) is 25.9 Å². The molecule has 1 N–H and O–H groups in total. The summed E-state index contributed by atoms with van der Waals surface area (Å²) in [7, 11) is -3.01. The van der Waals surface area contributed by atoms with Gasteiger partial charge < -0.3 is 5.32 Å². The number of hydrogen-bond acceptors (Lipinski definition) is 3. The summed E-state index contributed by atoms with van der Waals surface area (Å²) in [5, 5.41) is 3.44. The molecule has 1 aliphatic heterocycles. The third-order valence-corrected chi connectivity index (χ3v) is 5.26. The second-order valence-electron chi connectivity index (χ2n) is 6.16. The highest BCUT2D eigenvalue weighted by Crippen LogP contribution is 2.26. The predicted octanol–water partition coefficient (Wildman–Crippen LogP) is 2.07. The zero-order valence-corrected chi connectivity index (χ0v) is 13.7. The standard InChI is InChI=1S/C14H30N2O2S/c1-5-15-13(3)9-12(2)10-14-7-6-8-16(11-14)19(4,17)18/h12-15H,5-11H2,1-4H3. The summed E-state index contributed by atoms with van der Waals surface area (Å²) < 4.78 is 24.8. The van der Waals surface area contributed by atoms with Gasteiger partial charge in [0.25, 0.3) is 0 Å². The van der Waals surface area contributed by atoms with Crippen LogP contribution in [0.3, 0.4) is 0 Å². The lowest BCUT2D eigenvalue weighted by Crippen LogP contribution is -2.39. The van der Waals surface area contributed by atoms with Gasteiger partial charge in [0, 0.05) is 19.1 Å². The van der Waals surface area contributed by atoms with Gasteiger partial charge in [0.2, 0.25) is 10.0 Å². The molecule has 0 saturated carbocycles. The summed E-state index contributed by atoms with van der Waals surface area (Å²) in [6.45, 7) is 9.08. The molecule has 1 rings (SSSR count). The summed E-state index contributed by atoms with van der Waals surface area (Å²) in [6, 6.07) is 0.551. The van der Waals surface area contributed by atoms with Crippen LogP contribution in [0, 0.1) is 11.8 Å². The molecule has 0 aromatic carbocycles. The zero-order chi connectivity index (χ0) is 14.5. The van der Waals surface area contributed by atoms with Crippen molar-refractivity contribution in [2.45, 2.75) is 52.5 Å². The molecular weight excluding hydrogens is 260 g/mol. The minimum Gasteiger partial charge on any atom is -0.315 e. The lowest BCUT2D eigenvalue weighted by molar-refractivity contribution is 0.226. The molecule has 0 bridgehead atoms. The Balaban J connectivity index is 2.40. The second kappa shape index (κ2) is 7.60. The van der Waals surface area contributed by atoms with E-state index in [0.29, 0.717) is 24.4 Å². The van der Waals surface area contributed by atoms with Crippen LogP contribution < -0.4 is 5.32 Å². The molecule has 1 fully saturated rings. The van der Waals surface area contributed by atoms with Crippen molar-refractivity contribution in [1.29, 1.82) is 0 Å². The van der Waals surface area contributed by atoms with Crippen LogP contribution in [0.15, 0.2) is 0 Å². The van der Waals surface area contributed by atoms with Gasteiger partial charge in [-0.2, -0.15) is 0 Å². The first-order chi connectivity index (χ1) is 8.82. The average Bonchev–Trinajstić information content (AvgIpc) is 2.28. The van der Waals surface area contributed by atoms with Crippen LogP contribution in [0.4, 0.5) is 0 Å². The molecule has 3 unspecified atom stereocenters. The Morgan fingerprint density at radius 3 is 2.63 bits per heavy atom. The molecule has 0 amide bonds. The molecule has 1 saturated heterocycles. The Labute approximate surface area is 119 Å². The molecule has 3 atom stereocenters. The highest BCUT2D eigenvalue weighted by molar-refractivity contribution is 7.88. The highest BCUT2D eigenvalue weighted by Gasteiger charge is 2.26. The third kappa shape index (κ3) is 6.23. The predicted molar refractivity (Wildman–Crippen MR) is 80.7 cm³/mol. The Bertz CT molecular complexity index is 356. The van der Waals surface area contributed by atoms with Crippen molar-refractivity contribution in [2.24, 2.45) is 11.8 Å². The maximum absolute atomic E-state index is 11.6. The van der Waals surface area contributed by atoms with Crippen molar-refractivity contribution < 1.29 is 8.42 Å². The first-order valence-corrected chi connectivity index (χ1v) is 9.36. The lowest BCUT2D eigenvalue weighted by Gasteiger charge is -2.32. The first kappa shape index (κ1) is 16.9. The molecular formula is C14H30N2O2S. The van der Waals surface area contributed by atoms with Crippen LogP contribution in [0.5, 0.6) is 0 Å². The van der Waals surface area contributed by atoms with Gasteiger partial charge in [-0.25, -0.2) is 12.7 Å². The molecule has 0 spiro atoms. The molecule has 114 valence electrons. The average molecular weight is 290 g/mol. The molecule has 4 nitrogen and oxygen atoms in total. The van der Waals surface area contributed by atoms with Gasteiger partial charge in [0.15, 0.2) is 0 Å². The van der Waals surface area contributed by atoms with Gasteiger partial charge in [0.05, 0.1) is 6.26 Å². The molecule has 0 radical (unpaired) electrons. The molecule has 1 aliphatic rings. The normalized spacial score (nSPS) is 25.2. The Morgan fingerprint density at radius 2 is 2.05 bits per heavy atom. The molecule has 1 heterocycles. The maximum atomic E-state index is 11.6. The van der Waals surface area contributed by atoms with Crippen molar-refractivity contribution in [3.05, 3.63) is 0 Å². The van der Waals surface area contributed by atoms with Crippen molar-refractivity contribution in [3.8, 4) is 0 Å². The molecule has 0 aromatic rings. The topological polar surface area (TPSA) is 49.4 Å². The van der Waals surface area contributed by atoms with E-state index in [2.05, 4.69) is 26.1 Å². The van der Waals surface area contributed by atoms with Crippen molar-refractivity contribution in [2.75, 3.05) is 25.9 Å². The van der Waals surface area contributed by atoms with Crippen LogP contribution in [0.1, 0.15) is 46.5 Å². The van der Waals surface area contributed by atoms with Gasteiger partial charge in [-0.15, -0.1) is 0 Å². The van der Waals surface area contributed by atoms with Gasteiger partial charge in [-0.3, -0.25) is 0 Å². The van der Waals surface area contributed by atoms with E-state index in [9.17, 15) is 8.42 Å². The van der Waals surface area contributed by atoms with Gasteiger partial charge in [-0.05, 0) is 51.0 Å². The minimum absolute atomic E-state index is 0.535. The molecule has 0 aliphatic carbocycles. The summed E-state index contributed by atoms with van der Waals surface area (Å²) in [5.74, 6) is 1.19. The minimum atomic E-state index is -3.01. The van der Waals surface area contributed by atoms with Gasteiger partial charge in [-0.1, -0.05) is 13.8 Å². The van der Waals surface area contributed by atoms with Gasteiger partial charge >= 0.3 is 0 Å². The number of nitrogens with one attached hydrogen (secondary N) is 1. The lowest BCUT2D eigenvalue weighted by atomic mass is 9.87. The van der Waals surface area contributed by atoms with Crippen LogP contribution in [-0.2, 0) is 10.0 Å². The van der Waals surface area contributed by atoms with E-state index < -0.39 is 10.0 Å². The summed E-state index contributed by atoms with van der Waals surface area (Å²) >= 11 is 0. The number of piperidine rings is 1. The van der Waals surface area contributed by atoms with Crippen LogP contribution in [0.25, 0.3) is 0 Å². The maximum Gasteiger partial charge on any atom is 0.211 e. The fourth-order valence-electron chi connectivity index (χ4n) is 3.22. The van der Waals surface area contributed by atoms with E-state index in [-0.39, 0.29) is 0 Å².